The van der Waals surface area contributed by atoms with Gasteiger partial charge in [-0.05, 0) is 33.7 Å². The quantitative estimate of drug-likeness (QED) is 0.325. The van der Waals surface area contributed by atoms with Crippen molar-refractivity contribution in [2.24, 2.45) is 0 Å². The van der Waals surface area contributed by atoms with Gasteiger partial charge in [0.1, 0.15) is 5.75 Å². The molecule has 5 rings (SSSR count). The Labute approximate surface area is 192 Å². The number of fused-ring (bicyclic) bond motifs is 2. The summed E-state index contributed by atoms with van der Waals surface area (Å²) in [5.74, 6) is 0.00914. The molecule has 4 aromatic rings. The third-order valence-electron chi connectivity index (χ3n) is 5.99. The van der Waals surface area contributed by atoms with E-state index in [-0.39, 0.29) is 18.7 Å². The lowest BCUT2D eigenvalue weighted by Gasteiger charge is -2.26. The van der Waals surface area contributed by atoms with Crippen molar-refractivity contribution in [3.8, 4) is 16.9 Å². The molecule has 1 heterocycles. The number of hydrogen-bond donors (Lipinski definition) is 0. The number of carbonyl (C=O) groups is 2. The Morgan fingerprint density at radius 1 is 0.848 bits per heavy atom. The van der Waals surface area contributed by atoms with E-state index in [2.05, 4.69) is 18.2 Å². The van der Waals surface area contributed by atoms with Crippen LogP contribution in [0, 0.1) is 6.07 Å². The highest BCUT2D eigenvalue weighted by Gasteiger charge is 2.20. The molecule has 1 aliphatic heterocycles. The molecular formula is C28H24NO4. The molecule has 0 N–H and O–H groups in total. The van der Waals surface area contributed by atoms with Gasteiger partial charge in [-0.2, -0.15) is 0 Å². The zero-order valence-corrected chi connectivity index (χ0v) is 18.3. The Balaban J connectivity index is 1.46. The van der Waals surface area contributed by atoms with Crippen molar-refractivity contribution < 1.29 is 19.1 Å². The van der Waals surface area contributed by atoms with Crippen LogP contribution >= 0.6 is 0 Å². The maximum Gasteiger partial charge on any atom is 0.311 e. The van der Waals surface area contributed by atoms with Crippen LogP contribution in [0.1, 0.15) is 12.8 Å². The predicted octanol–water partition coefficient (Wildman–Crippen LogP) is 5.00. The van der Waals surface area contributed by atoms with E-state index in [0.717, 1.165) is 32.7 Å². The van der Waals surface area contributed by atoms with Crippen LogP contribution in [0.3, 0.4) is 0 Å². The second kappa shape index (κ2) is 9.43. The second-order valence-corrected chi connectivity index (χ2v) is 8.07. The molecule has 33 heavy (non-hydrogen) atoms. The summed E-state index contributed by atoms with van der Waals surface area (Å²) < 4.78 is 11.1. The smallest absolute Gasteiger partial charge is 0.311 e. The fourth-order valence-corrected chi connectivity index (χ4v) is 4.32. The van der Waals surface area contributed by atoms with Crippen LogP contribution in [0.2, 0.25) is 0 Å². The van der Waals surface area contributed by atoms with E-state index < -0.39 is 5.97 Å². The average Bonchev–Trinajstić information content (AvgIpc) is 2.87. The molecule has 4 aromatic carbocycles. The zero-order chi connectivity index (χ0) is 22.6. The van der Waals surface area contributed by atoms with Crippen molar-refractivity contribution in [3.63, 3.8) is 0 Å². The van der Waals surface area contributed by atoms with Crippen LogP contribution in [-0.4, -0.2) is 43.1 Å². The van der Waals surface area contributed by atoms with E-state index in [1.54, 1.807) is 4.90 Å². The molecule has 1 aliphatic rings. The summed E-state index contributed by atoms with van der Waals surface area (Å²) in [5.41, 5.74) is 1.72. The van der Waals surface area contributed by atoms with Crippen molar-refractivity contribution in [1.82, 2.24) is 4.90 Å². The standard InChI is InChI=1S/C28H24NO4/c30-26(29-16-18-32-19-17-29)14-15-27(31)33-25-13-12-21-7-2-4-10-23(21)28(25)24-11-5-8-20-6-1-3-9-22(20)24/h1-10,12-13H,14-19H2. The average molecular weight is 439 g/mol. The van der Waals surface area contributed by atoms with Crippen LogP contribution in [0.25, 0.3) is 32.7 Å². The lowest BCUT2D eigenvalue weighted by Crippen LogP contribution is -2.40. The van der Waals surface area contributed by atoms with E-state index in [0.29, 0.717) is 32.1 Å². The molecule has 1 fully saturated rings. The summed E-state index contributed by atoms with van der Waals surface area (Å²) in [6.45, 7) is 2.22. The third-order valence-corrected chi connectivity index (χ3v) is 5.99. The molecule has 0 aromatic heterocycles. The molecule has 0 spiro atoms. The number of ether oxygens (including phenoxy) is 2. The number of benzene rings is 4. The minimum Gasteiger partial charge on any atom is -0.426 e. The van der Waals surface area contributed by atoms with E-state index in [9.17, 15) is 9.59 Å². The molecule has 0 atom stereocenters. The van der Waals surface area contributed by atoms with Gasteiger partial charge in [-0.15, -0.1) is 0 Å². The van der Waals surface area contributed by atoms with Gasteiger partial charge in [0.05, 0.1) is 19.6 Å². The largest absolute Gasteiger partial charge is 0.426 e. The van der Waals surface area contributed by atoms with Crippen LogP contribution < -0.4 is 4.74 Å². The Bertz CT molecular complexity index is 1320. The molecule has 1 radical (unpaired) electrons. The van der Waals surface area contributed by atoms with Crippen molar-refractivity contribution >= 4 is 33.4 Å². The summed E-state index contributed by atoms with van der Waals surface area (Å²) in [6.07, 6.45) is 0.157. The number of morpholine rings is 1. The zero-order valence-electron chi connectivity index (χ0n) is 18.3. The first-order valence-corrected chi connectivity index (χ1v) is 11.2. The SMILES string of the molecule is O=C(CCC(=O)N1CCOCC1)Oc1ccc2ccccc2c1-c1[c]ccc2ccccc12. The first kappa shape index (κ1) is 21.2. The molecule has 0 bridgehead atoms. The van der Waals surface area contributed by atoms with Gasteiger partial charge in [-0.1, -0.05) is 66.7 Å². The Hall–Kier alpha value is -3.70. The van der Waals surface area contributed by atoms with Crippen LogP contribution in [-0.2, 0) is 14.3 Å². The number of amides is 1. The van der Waals surface area contributed by atoms with Crippen LogP contribution in [0.5, 0.6) is 5.75 Å². The van der Waals surface area contributed by atoms with Crippen molar-refractivity contribution in [3.05, 3.63) is 78.9 Å². The highest BCUT2D eigenvalue weighted by Crippen LogP contribution is 2.40. The third kappa shape index (κ3) is 4.45. The number of hydrogen-bond acceptors (Lipinski definition) is 4. The van der Waals surface area contributed by atoms with Crippen molar-refractivity contribution in [2.75, 3.05) is 26.3 Å². The number of rotatable bonds is 5. The van der Waals surface area contributed by atoms with E-state index in [1.165, 1.54) is 0 Å². The highest BCUT2D eigenvalue weighted by molar-refractivity contribution is 6.07. The van der Waals surface area contributed by atoms with Crippen LogP contribution in [0.4, 0.5) is 0 Å². The molecule has 0 unspecified atom stereocenters. The lowest BCUT2D eigenvalue weighted by atomic mass is 9.93. The van der Waals surface area contributed by atoms with Crippen LogP contribution in [0.15, 0.2) is 72.8 Å². The number of nitrogens with zero attached hydrogens (tertiary/aromatic N) is 1. The Kier molecular flexibility index (Phi) is 6.05. The van der Waals surface area contributed by atoms with Crippen molar-refractivity contribution in [2.45, 2.75) is 12.8 Å². The molecule has 5 nitrogen and oxygen atoms in total. The molecule has 1 saturated heterocycles. The van der Waals surface area contributed by atoms with Gasteiger partial charge in [0, 0.05) is 30.6 Å². The molecule has 1 amide bonds. The number of carbonyl (C=O) groups excluding carboxylic acids is 2. The maximum absolute atomic E-state index is 12.8. The molecule has 0 aliphatic carbocycles. The number of esters is 1. The van der Waals surface area contributed by atoms with Gasteiger partial charge < -0.3 is 14.4 Å². The minimum atomic E-state index is -0.423. The van der Waals surface area contributed by atoms with E-state index >= 15 is 0 Å². The summed E-state index contributed by atoms with van der Waals surface area (Å²) in [7, 11) is 0. The normalized spacial score (nSPS) is 13.9. The Morgan fingerprint density at radius 3 is 2.33 bits per heavy atom. The fourth-order valence-electron chi connectivity index (χ4n) is 4.32. The second-order valence-electron chi connectivity index (χ2n) is 8.07. The topological polar surface area (TPSA) is 55.8 Å². The summed E-state index contributed by atoms with van der Waals surface area (Å²) in [6, 6.07) is 27.2. The summed E-state index contributed by atoms with van der Waals surface area (Å²) >= 11 is 0. The van der Waals surface area contributed by atoms with Gasteiger partial charge in [0.25, 0.3) is 0 Å². The van der Waals surface area contributed by atoms with E-state index in [1.807, 2.05) is 60.7 Å². The fraction of sp³-hybridized carbons (Fsp3) is 0.214. The predicted molar refractivity (Wildman–Crippen MR) is 128 cm³/mol. The first-order valence-electron chi connectivity index (χ1n) is 11.2. The van der Waals surface area contributed by atoms with Gasteiger partial charge in [-0.25, -0.2) is 0 Å². The van der Waals surface area contributed by atoms with E-state index in [4.69, 9.17) is 9.47 Å². The maximum atomic E-state index is 12.8. The first-order chi connectivity index (χ1) is 16.2. The van der Waals surface area contributed by atoms with Gasteiger partial charge in [0.2, 0.25) is 5.91 Å². The minimum absolute atomic E-state index is 0.0295. The van der Waals surface area contributed by atoms with Gasteiger partial charge in [-0.3, -0.25) is 9.59 Å². The lowest BCUT2D eigenvalue weighted by molar-refractivity contribution is -0.140. The highest BCUT2D eigenvalue weighted by atomic mass is 16.5. The van der Waals surface area contributed by atoms with Crippen molar-refractivity contribution in [1.29, 1.82) is 0 Å². The molecule has 165 valence electrons. The van der Waals surface area contributed by atoms with Gasteiger partial charge in [0.15, 0.2) is 0 Å². The Morgan fingerprint density at radius 2 is 1.55 bits per heavy atom. The summed E-state index contributed by atoms with van der Waals surface area (Å²) in [4.78, 5) is 26.9. The molecular weight excluding hydrogens is 414 g/mol. The molecule has 5 heteroatoms. The monoisotopic (exact) mass is 438 g/mol. The van der Waals surface area contributed by atoms with Gasteiger partial charge >= 0.3 is 5.97 Å². The molecule has 0 saturated carbocycles. The summed E-state index contributed by atoms with van der Waals surface area (Å²) in [5, 5.41) is 4.17.